The molecular formula is C20H21N5OS. The normalized spacial score (nSPS) is 13.5. The first-order valence-corrected chi connectivity index (χ1v) is 9.98. The SMILES string of the molecule is CN(Cc1ccc(-c2ccccc2)cc1)C(=O)CSc1nnnn1C1CC1. The molecule has 1 amide bonds. The number of benzene rings is 2. The summed E-state index contributed by atoms with van der Waals surface area (Å²) in [5.74, 6) is 0.406. The first kappa shape index (κ1) is 17.7. The molecule has 27 heavy (non-hydrogen) atoms. The number of amides is 1. The van der Waals surface area contributed by atoms with Crippen molar-refractivity contribution in [3.8, 4) is 11.1 Å². The molecule has 0 radical (unpaired) electrons. The highest BCUT2D eigenvalue weighted by Crippen LogP contribution is 2.36. The van der Waals surface area contributed by atoms with E-state index in [9.17, 15) is 4.79 Å². The molecule has 0 spiro atoms. The second-order valence-corrected chi connectivity index (χ2v) is 7.68. The smallest absolute Gasteiger partial charge is 0.233 e. The number of carbonyl (C=O) groups is 1. The van der Waals surface area contributed by atoms with E-state index in [2.05, 4.69) is 51.9 Å². The van der Waals surface area contributed by atoms with Gasteiger partial charge in [-0.2, -0.15) is 0 Å². The number of hydrogen-bond acceptors (Lipinski definition) is 5. The molecule has 0 bridgehead atoms. The number of nitrogens with zero attached hydrogens (tertiary/aromatic N) is 5. The second kappa shape index (κ2) is 7.92. The second-order valence-electron chi connectivity index (χ2n) is 6.74. The van der Waals surface area contributed by atoms with E-state index < -0.39 is 0 Å². The summed E-state index contributed by atoms with van der Waals surface area (Å²) in [4.78, 5) is 14.2. The van der Waals surface area contributed by atoms with E-state index in [1.165, 1.54) is 22.9 Å². The molecule has 138 valence electrons. The van der Waals surface area contributed by atoms with Crippen LogP contribution in [0.25, 0.3) is 11.1 Å². The van der Waals surface area contributed by atoms with E-state index in [-0.39, 0.29) is 5.91 Å². The zero-order valence-corrected chi connectivity index (χ0v) is 16.0. The molecule has 6 nitrogen and oxygen atoms in total. The van der Waals surface area contributed by atoms with Crippen molar-refractivity contribution in [1.29, 1.82) is 0 Å². The summed E-state index contributed by atoms with van der Waals surface area (Å²) in [5, 5.41) is 12.5. The average molecular weight is 379 g/mol. The topological polar surface area (TPSA) is 63.9 Å². The Bertz CT molecular complexity index is 906. The molecule has 0 unspecified atom stereocenters. The van der Waals surface area contributed by atoms with Crippen LogP contribution in [0.3, 0.4) is 0 Å². The summed E-state index contributed by atoms with van der Waals surface area (Å²) in [5.41, 5.74) is 3.48. The summed E-state index contributed by atoms with van der Waals surface area (Å²) in [6.45, 7) is 0.585. The molecule has 1 aliphatic carbocycles. The highest BCUT2D eigenvalue weighted by molar-refractivity contribution is 7.99. The van der Waals surface area contributed by atoms with Crippen LogP contribution in [0.1, 0.15) is 24.4 Å². The van der Waals surface area contributed by atoms with Crippen LogP contribution >= 0.6 is 11.8 Å². The number of aromatic nitrogens is 4. The van der Waals surface area contributed by atoms with Crippen LogP contribution < -0.4 is 0 Å². The maximum atomic E-state index is 12.5. The van der Waals surface area contributed by atoms with Gasteiger partial charge in [0.15, 0.2) is 0 Å². The molecule has 0 saturated heterocycles. The van der Waals surface area contributed by atoms with Crippen LogP contribution in [-0.4, -0.2) is 43.8 Å². The number of thioether (sulfide) groups is 1. The first-order valence-electron chi connectivity index (χ1n) is 9.00. The standard InChI is InChI=1S/C20H21N5OS/c1-24(19(26)14-27-20-21-22-23-25(20)18-11-12-18)13-15-7-9-17(10-8-15)16-5-3-2-4-6-16/h2-10,18H,11-14H2,1H3. The molecular weight excluding hydrogens is 358 g/mol. The molecule has 4 rings (SSSR count). The maximum absolute atomic E-state index is 12.5. The third kappa shape index (κ3) is 4.36. The van der Waals surface area contributed by atoms with Crippen molar-refractivity contribution < 1.29 is 4.79 Å². The van der Waals surface area contributed by atoms with Crippen molar-refractivity contribution >= 4 is 17.7 Å². The van der Waals surface area contributed by atoms with Gasteiger partial charge in [-0.1, -0.05) is 66.4 Å². The van der Waals surface area contributed by atoms with Gasteiger partial charge in [0.25, 0.3) is 0 Å². The van der Waals surface area contributed by atoms with Gasteiger partial charge in [0, 0.05) is 13.6 Å². The van der Waals surface area contributed by atoms with Gasteiger partial charge in [0.05, 0.1) is 11.8 Å². The fraction of sp³-hybridized carbons (Fsp3) is 0.300. The Morgan fingerprint density at radius 2 is 1.81 bits per heavy atom. The van der Waals surface area contributed by atoms with Crippen molar-refractivity contribution in [2.24, 2.45) is 0 Å². The Morgan fingerprint density at radius 3 is 2.52 bits per heavy atom. The third-order valence-electron chi connectivity index (χ3n) is 4.59. The molecule has 1 fully saturated rings. The van der Waals surface area contributed by atoms with Gasteiger partial charge in [-0.3, -0.25) is 4.79 Å². The summed E-state index contributed by atoms with van der Waals surface area (Å²) >= 11 is 1.40. The lowest BCUT2D eigenvalue weighted by atomic mass is 10.0. The molecule has 0 aliphatic heterocycles. The molecule has 7 heteroatoms. The number of carbonyl (C=O) groups excluding carboxylic acids is 1. The lowest BCUT2D eigenvalue weighted by Crippen LogP contribution is -2.27. The Morgan fingerprint density at radius 1 is 1.11 bits per heavy atom. The number of hydrogen-bond donors (Lipinski definition) is 0. The summed E-state index contributed by atoms with van der Waals surface area (Å²) in [7, 11) is 1.83. The lowest BCUT2D eigenvalue weighted by Gasteiger charge is -2.17. The zero-order chi connectivity index (χ0) is 18.6. The van der Waals surface area contributed by atoms with E-state index in [0.29, 0.717) is 18.3 Å². The summed E-state index contributed by atoms with van der Waals surface area (Å²) < 4.78 is 1.83. The van der Waals surface area contributed by atoms with Gasteiger partial charge < -0.3 is 4.90 Å². The van der Waals surface area contributed by atoms with Crippen molar-refractivity contribution in [2.75, 3.05) is 12.8 Å². The van der Waals surface area contributed by atoms with Crippen molar-refractivity contribution in [2.45, 2.75) is 30.6 Å². The molecule has 0 N–H and O–H groups in total. The Labute approximate surface area is 162 Å². The Kier molecular flexibility index (Phi) is 5.20. The van der Waals surface area contributed by atoms with E-state index in [1.54, 1.807) is 4.90 Å². The van der Waals surface area contributed by atoms with Crippen molar-refractivity contribution in [3.05, 3.63) is 60.2 Å². The van der Waals surface area contributed by atoms with Crippen LogP contribution in [-0.2, 0) is 11.3 Å². The van der Waals surface area contributed by atoms with Gasteiger partial charge in [-0.25, -0.2) is 4.68 Å². The Balaban J connectivity index is 1.32. The summed E-state index contributed by atoms with van der Waals surface area (Å²) in [6, 6.07) is 19.0. The minimum Gasteiger partial charge on any atom is -0.341 e. The molecule has 3 aromatic rings. The predicted octanol–water partition coefficient (Wildman–Crippen LogP) is 3.43. The van der Waals surface area contributed by atoms with E-state index in [4.69, 9.17) is 0 Å². The van der Waals surface area contributed by atoms with E-state index in [1.807, 2.05) is 29.9 Å². The monoisotopic (exact) mass is 379 g/mol. The lowest BCUT2D eigenvalue weighted by molar-refractivity contribution is -0.127. The van der Waals surface area contributed by atoms with Crippen LogP contribution in [0.2, 0.25) is 0 Å². The van der Waals surface area contributed by atoms with Crippen molar-refractivity contribution in [1.82, 2.24) is 25.1 Å². The van der Waals surface area contributed by atoms with Crippen LogP contribution in [0.15, 0.2) is 59.8 Å². The Hall–Kier alpha value is -2.67. The first-order chi connectivity index (χ1) is 13.2. The molecule has 1 saturated carbocycles. The van der Waals surface area contributed by atoms with Gasteiger partial charge in [0.2, 0.25) is 11.1 Å². The number of tetrazole rings is 1. The van der Waals surface area contributed by atoms with E-state index in [0.717, 1.165) is 23.6 Å². The van der Waals surface area contributed by atoms with Crippen LogP contribution in [0.4, 0.5) is 0 Å². The molecule has 1 heterocycles. The highest BCUT2D eigenvalue weighted by Gasteiger charge is 2.28. The van der Waals surface area contributed by atoms with Crippen molar-refractivity contribution in [3.63, 3.8) is 0 Å². The van der Waals surface area contributed by atoms with Crippen LogP contribution in [0.5, 0.6) is 0 Å². The van der Waals surface area contributed by atoms with E-state index >= 15 is 0 Å². The molecule has 1 aliphatic rings. The predicted molar refractivity (Wildman–Crippen MR) is 105 cm³/mol. The number of rotatable bonds is 7. The minimum atomic E-state index is 0.0671. The average Bonchev–Trinajstić information content (AvgIpc) is 3.45. The van der Waals surface area contributed by atoms with Gasteiger partial charge >= 0.3 is 0 Å². The third-order valence-corrected chi connectivity index (χ3v) is 5.50. The molecule has 0 atom stereocenters. The largest absolute Gasteiger partial charge is 0.341 e. The summed E-state index contributed by atoms with van der Waals surface area (Å²) in [6.07, 6.45) is 2.23. The maximum Gasteiger partial charge on any atom is 0.233 e. The van der Waals surface area contributed by atoms with Gasteiger partial charge in [-0.05, 0) is 40.0 Å². The minimum absolute atomic E-state index is 0.0671. The van der Waals surface area contributed by atoms with Gasteiger partial charge in [0.1, 0.15) is 0 Å². The van der Waals surface area contributed by atoms with Crippen LogP contribution in [0, 0.1) is 0 Å². The molecule has 1 aromatic heterocycles. The quantitative estimate of drug-likeness (QED) is 0.589. The fourth-order valence-corrected chi connectivity index (χ4v) is 3.75. The van der Waals surface area contributed by atoms with Gasteiger partial charge in [-0.15, -0.1) is 5.10 Å². The zero-order valence-electron chi connectivity index (χ0n) is 15.2. The fourth-order valence-electron chi connectivity index (χ4n) is 2.86. The molecule has 2 aromatic carbocycles. The highest BCUT2D eigenvalue weighted by atomic mass is 32.2.